The predicted octanol–water partition coefficient (Wildman–Crippen LogP) is 1.59. The van der Waals surface area contributed by atoms with Crippen molar-refractivity contribution in [3.63, 3.8) is 0 Å². The number of nitro groups is 1. The van der Waals surface area contributed by atoms with Gasteiger partial charge in [-0.05, 0) is 12.1 Å². The Morgan fingerprint density at radius 1 is 1.38 bits per heavy atom. The van der Waals surface area contributed by atoms with Gasteiger partial charge in [0.25, 0.3) is 11.6 Å². The fourth-order valence-corrected chi connectivity index (χ4v) is 2.36. The average molecular weight is 290 g/mol. The summed E-state index contributed by atoms with van der Waals surface area (Å²) in [7, 11) is 0. The van der Waals surface area contributed by atoms with Gasteiger partial charge in [0, 0.05) is 31.5 Å². The van der Waals surface area contributed by atoms with E-state index in [0.29, 0.717) is 18.9 Å². The van der Waals surface area contributed by atoms with Crippen LogP contribution in [0.1, 0.15) is 16.2 Å². The van der Waals surface area contributed by atoms with Crippen molar-refractivity contribution in [2.24, 2.45) is 0 Å². The topological polar surface area (TPSA) is 81.3 Å². The Kier molecular flexibility index (Phi) is 3.13. The zero-order valence-electron chi connectivity index (χ0n) is 10.9. The lowest BCUT2D eigenvalue weighted by Gasteiger charge is -2.27. The molecular formula is C13H11FN4O3. The van der Waals surface area contributed by atoms with E-state index in [0.717, 1.165) is 18.2 Å². The van der Waals surface area contributed by atoms with Crippen molar-refractivity contribution >= 4 is 11.6 Å². The molecule has 1 aliphatic heterocycles. The standard InChI is InChI=1S/C13H11FN4O3/c14-9-1-2-11(18(20)21)10(7-9)13(19)17-6-5-16-4-3-15-12(16)8-17/h1-4,7H,5-6,8H2. The molecule has 0 radical (unpaired) electrons. The van der Waals surface area contributed by atoms with Crippen molar-refractivity contribution in [3.05, 3.63) is 57.9 Å². The van der Waals surface area contributed by atoms with Crippen LogP contribution in [0.25, 0.3) is 0 Å². The van der Waals surface area contributed by atoms with Crippen LogP contribution in [0.3, 0.4) is 0 Å². The summed E-state index contributed by atoms with van der Waals surface area (Å²) < 4.78 is 15.2. The highest BCUT2D eigenvalue weighted by molar-refractivity contribution is 5.98. The lowest BCUT2D eigenvalue weighted by atomic mass is 10.1. The van der Waals surface area contributed by atoms with Crippen LogP contribution in [-0.2, 0) is 13.1 Å². The number of aromatic nitrogens is 2. The van der Waals surface area contributed by atoms with Crippen molar-refractivity contribution < 1.29 is 14.1 Å². The van der Waals surface area contributed by atoms with Gasteiger partial charge < -0.3 is 9.47 Å². The smallest absolute Gasteiger partial charge is 0.282 e. The summed E-state index contributed by atoms with van der Waals surface area (Å²) in [5.74, 6) is -0.536. The van der Waals surface area contributed by atoms with Crippen LogP contribution in [0.5, 0.6) is 0 Å². The van der Waals surface area contributed by atoms with Crippen molar-refractivity contribution in [1.29, 1.82) is 0 Å². The van der Waals surface area contributed by atoms with E-state index in [1.54, 1.807) is 6.20 Å². The maximum Gasteiger partial charge on any atom is 0.282 e. The highest BCUT2D eigenvalue weighted by Gasteiger charge is 2.28. The summed E-state index contributed by atoms with van der Waals surface area (Å²) in [6, 6.07) is 2.88. The molecule has 0 unspecified atom stereocenters. The number of amides is 1. The van der Waals surface area contributed by atoms with E-state index in [9.17, 15) is 19.3 Å². The van der Waals surface area contributed by atoms with E-state index >= 15 is 0 Å². The third-order valence-electron chi connectivity index (χ3n) is 3.42. The maximum atomic E-state index is 13.3. The van der Waals surface area contributed by atoms with Crippen molar-refractivity contribution in [2.45, 2.75) is 13.1 Å². The molecule has 3 rings (SSSR count). The fourth-order valence-electron chi connectivity index (χ4n) is 2.36. The minimum absolute atomic E-state index is 0.236. The van der Waals surface area contributed by atoms with Crippen molar-refractivity contribution in [3.8, 4) is 0 Å². The number of hydrogen-bond acceptors (Lipinski definition) is 4. The van der Waals surface area contributed by atoms with Crippen molar-refractivity contribution in [1.82, 2.24) is 14.5 Å². The molecule has 0 bridgehead atoms. The van der Waals surface area contributed by atoms with Gasteiger partial charge in [-0.25, -0.2) is 9.37 Å². The van der Waals surface area contributed by atoms with Gasteiger partial charge in [0.05, 0.1) is 11.5 Å². The van der Waals surface area contributed by atoms with E-state index in [-0.39, 0.29) is 12.1 Å². The van der Waals surface area contributed by atoms with Crippen LogP contribution in [0.15, 0.2) is 30.6 Å². The lowest BCUT2D eigenvalue weighted by Crippen LogP contribution is -2.38. The molecule has 0 atom stereocenters. The van der Waals surface area contributed by atoms with Gasteiger partial charge in [-0.1, -0.05) is 0 Å². The number of hydrogen-bond donors (Lipinski definition) is 0. The van der Waals surface area contributed by atoms with Gasteiger partial charge in [0.2, 0.25) is 0 Å². The molecular weight excluding hydrogens is 279 g/mol. The number of fused-ring (bicyclic) bond motifs is 1. The SMILES string of the molecule is O=C(c1cc(F)ccc1[N+](=O)[O-])N1CCn2ccnc2C1. The monoisotopic (exact) mass is 290 g/mol. The summed E-state index contributed by atoms with van der Waals surface area (Å²) >= 11 is 0. The third-order valence-corrected chi connectivity index (χ3v) is 3.42. The first kappa shape index (κ1) is 13.2. The summed E-state index contributed by atoms with van der Waals surface area (Å²) in [6.07, 6.45) is 3.44. The van der Waals surface area contributed by atoms with E-state index in [1.807, 2.05) is 10.8 Å². The average Bonchev–Trinajstić information content (AvgIpc) is 2.93. The van der Waals surface area contributed by atoms with Crippen LogP contribution in [0.4, 0.5) is 10.1 Å². The second kappa shape index (κ2) is 4.97. The maximum absolute atomic E-state index is 13.3. The summed E-state index contributed by atoms with van der Waals surface area (Å²) in [4.78, 5) is 28.3. The molecule has 0 fully saturated rings. The molecule has 1 aliphatic rings. The van der Waals surface area contributed by atoms with Crippen LogP contribution in [0, 0.1) is 15.9 Å². The van der Waals surface area contributed by atoms with E-state index in [4.69, 9.17) is 0 Å². The fraction of sp³-hybridized carbons (Fsp3) is 0.231. The quantitative estimate of drug-likeness (QED) is 0.621. The number of nitro benzene ring substituents is 1. The zero-order valence-corrected chi connectivity index (χ0v) is 10.9. The minimum atomic E-state index is -0.683. The Labute approximate surface area is 118 Å². The molecule has 7 nitrogen and oxygen atoms in total. The van der Waals surface area contributed by atoms with Gasteiger partial charge in [-0.15, -0.1) is 0 Å². The van der Waals surface area contributed by atoms with E-state index in [1.165, 1.54) is 4.90 Å². The number of carbonyl (C=O) groups excluding carboxylic acids is 1. The van der Waals surface area contributed by atoms with Gasteiger partial charge in [0.1, 0.15) is 17.2 Å². The first-order chi connectivity index (χ1) is 10.1. The number of rotatable bonds is 2. The summed E-state index contributed by atoms with van der Waals surface area (Å²) in [6.45, 7) is 1.21. The van der Waals surface area contributed by atoms with Crippen LogP contribution < -0.4 is 0 Å². The molecule has 1 aromatic heterocycles. The first-order valence-electron chi connectivity index (χ1n) is 6.29. The molecule has 0 spiro atoms. The van der Waals surface area contributed by atoms with Crippen LogP contribution in [0.2, 0.25) is 0 Å². The molecule has 8 heteroatoms. The molecule has 108 valence electrons. The number of carbonyl (C=O) groups is 1. The van der Waals surface area contributed by atoms with Gasteiger partial charge >= 0.3 is 0 Å². The summed E-state index contributed by atoms with van der Waals surface area (Å²) in [5, 5.41) is 11.0. The zero-order chi connectivity index (χ0) is 15.0. The Balaban J connectivity index is 1.93. The molecule has 2 aromatic rings. The Hall–Kier alpha value is -2.77. The number of benzene rings is 1. The molecule has 0 N–H and O–H groups in total. The van der Waals surface area contributed by atoms with Gasteiger partial charge in [0.15, 0.2) is 0 Å². The van der Waals surface area contributed by atoms with Gasteiger partial charge in [-0.2, -0.15) is 0 Å². The number of imidazole rings is 1. The van der Waals surface area contributed by atoms with Crippen LogP contribution in [-0.4, -0.2) is 31.8 Å². The molecule has 0 saturated carbocycles. The Morgan fingerprint density at radius 2 is 2.19 bits per heavy atom. The second-order valence-electron chi connectivity index (χ2n) is 4.68. The molecule has 2 heterocycles. The molecule has 1 amide bonds. The number of halogens is 1. The third kappa shape index (κ3) is 2.35. The molecule has 1 aromatic carbocycles. The van der Waals surface area contributed by atoms with Crippen molar-refractivity contribution in [2.75, 3.05) is 6.54 Å². The molecule has 0 aliphatic carbocycles. The molecule has 21 heavy (non-hydrogen) atoms. The second-order valence-corrected chi connectivity index (χ2v) is 4.68. The largest absolute Gasteiger partial charge is 0.332 e. The normalized spacial score (nSPS) is 13.9. The first-order valence-corrected chi connectivity index (χ1v) is 6.29. The highest BCUT2D eigenvalue weighted by atomic mass is 19.1. The Bertz CT molecular complexity index is 728. The van der Waals surface area contributed by atoms with Gasteiger partial charge in [-0.3, -0.25) is 14.9 Å². The minimum Gasteiger partial charge on any atom is -0.332 e. The summed E-state index contributed by atoms with van der Waals surface area (Å²) in [5.41, 5.74) is -0.629. The van der Waals surface area contributed by atoms with E-state index < -0.39 is 22.3 Å². The number of nitrogens with zero attached hydrogens (tertiary/aromatic N) is 4. The van der Waals surface area contributed by atoms with Crippen LogP contribution >= 0.6 is 0 Å². The Morgan fingerprint density at radius 3 is 2.95 bits per heavy atom. The predicted molar refractivity (Wildman–Crippen MR) is 70.0 cm³/mol. The van der Waals surface area contributed by atoms with E-state index in [2.05, 4.69) is 4.98 Å². The lowest BCUT2D eigenvalue weighted by molar-refractivity contribution is -0.385. The highest BCUT2D eigenvalue weighted by Crippen LogP contribution is 2.23. The molecule has 0 saturated heterocycles.